The van der Waals surface area contributed by atoms with E-state index in [0.717, 1.165) is 16.0 Å². The van der Waals surface area contributed by atoms with Crippen molar-refractivity contribution < 1.29 is 14.3 Å². The smallest absolute Gasteiger partial charge is 0.256 e. The van der Waals surface area contributed by atoms with Crippen LogP contribution in [0, 0.1) is 0 Å². The van der Waals surface area contributed by atoms with Crippen molar-refractivity contribution in [1.82, 2.24) is 14.8 Å². The summed E-state index contributed by atoms with van der Waals surface area (Å²) in [4.78, 5) is 18.8. The Balaban J connectivity index is 1.57. The maximum atomic E-state index is 13.1. The summed E-state index contributed by atoms with van der Waals surface area (Å²) in [7, 11) is 0. The van der Waals surface area contributed by atoms with Gasteiger partial charge in [-0.15, -0.1) is 11.3 Å². The molecule has 0 fully saturated rings. The minimum absolute atomic E-state index is 0.193. The van der Waals surface area contributed by atoms with Crippen LogP contribution < -0.4 is 14.8 Å². The Morgan fingerprint density at radius 3 is 2.96 bits per heavy atom. The molecule has 0 atom stereocenters. The maximum absolute atomic E-state index is 13.1. The molecule has 1 amide bonds. The Kier molecular flexibility index (Phi) is 3.98. The SMILES string of the molecule is CCn1ncc2c(C(=O)Nc3ccc4c(c3)OCO4)cc(-c3cccs3)nc21. The maximum Gasteiger partial charge on any atom is 0.256 e. The Bertz CT molecular complexity index is 1180. The first kappa shape index (κ1) is 16.8. The fourth-order valence-corrected chi connectivity index (χ4v) is 3.88. The van der Waals surface area contributed by atoms with Crippen molar-refractivity contribution >= 4 is 34.0 Å². The molecule has 1 N–H and O–H groups in total. The molecule has 4 aromatic rings. The third kappa shape index (κ3) is 2.78. The molecule has 0 spiro atoms. The molecule has 5 rings (SSSR count). The van der Waals surface area contributed by atoms with E-state index in [0.29, 0.717) is 34.9 Å². The fourth-order valence-electron chi connectivity index (χ4n) is 3.19. The second kappa shape index (κ2) is 6.65. The highest BCUT2D eigenvalue weighted by atomic mass is 32.1. The number of aromatic nitrogens is 3. The van der Waals surface area contributed by atoms with Gasteiger partial charge < -0.3 is 14.8 Å². The van der Waals surface area contributed by atoms with E-state index in [9.17, 15) is 4.79 Å². The molecule has 7 nitrogen and oxygen atoms in total. The number of pyridine rings is 1. The van der Waals surface area contributed by atoms with E-state index in [-0.39, 0.29) is 12.7 Å². The highest BCUT2D eigenvalue weighted by Crippen LogP contribution is 2.35. The number of benzene rings is 1. The standard InChI is InChI=1S/C20H16N4O3S/c1-2-24-19-14(10-21-24)13(9-15(23-19)18-4-3-7-28-18)20(25)22-12-5-6-16-17(8-12)27-11-26-16/h3-10H,2,11H2,1H3,(H,22,25). The Morgan fingerprint density at radius 1 is 1.25 bits per heavy atom. The van der Waals surface area contributed by atoms with Gasteiger partial charge in [-0.1, -0.05) is 6.07 Å². The van der Waals surface area contributed by atoms with Crippen molar-refractivity contribution in [3.63, 3.8) is 0 Å². The highest BCUT2D eigenvalue weighted by Gasteiger charge is 2.19. The summed E-state index contributed by atoms with van der Waals surface area (Å²) in [5.74, 6) is 1.07. The van der Waals surface area contributed by atoms with Crippen LogP contribution in [0.2, 0.25) is 0 Å². The summed E-state index contributed by atoms with van der Waals surface area (Å²) >= 11 is 1.58. The number of carbonyl (C=O) groups is 1. The molecule has 3 aromatic heterocycles. The fraction of sp³-hybridized carbons (Fsp3) is 0.150. The Morgan fingerprint density at radius 2 is 2.14 bits per heavy atom. The van der Waals surface area contributed by atoms with Gasteiger partial charge in [0.05, 0.1) is 27.7 Å². The van der Waals surface area contributed by atoms with Crippen LogP contribution >= 0.6 is 11.3 Å². The van der Waals surface area contributed by atoms with Gasteiger partial charge in [0.15, 0.2) is 17.1 Å². The lowest BCUT2D eigenvalue weighted by atomic mass is 10.1. The lowest BCUT2D eigenvalue weighted by Crippen LogP contribution is -2.13. The number of nitrogens with zero attached hydrogens (tertiary/aromatic N) is 3. The molecule has 1 aliphatic rings. The first-order valence-corrected chi connectivity index (χ1v) is 9.72. The topological polar surface area (TPSA) is 78.3 Å². The third-order valence-corrected chi connectivity index (χ3v) is 5.45. The molecule has 0 aliphatic carbocycles. The molecule has 4 heterocycles. The minimum Gasteiger partial charge on any atom is -0.454 e. The Hall–Kier alpha value is -3.39. The van der Waals surface area contributed by atoms with E-state index in [1.807, 2.05) is 30.5 Å². The van der Waals surface area contributed by atoms with Crippen molar-refractivity contribution in [3.05, 3.63) is 53.5 Å². The third-order valence-electron chi connectivity index (χ3n) is 4.56. The first-order chi connectivity index (χ1) is 13.7. The van der Waals surface area contributed by atoms with Crippen LogP contribution in [-0.2, 0) is 6.54 Å². The lowest BCUT2D eigenvalue weighted by molar-refractivity contribution is 0.102. The van der Waals surface area contributed by atoms with Crippen LogP contribution in [0.15, 0.2) is 48.0 Å². The van der Waals surface area contributed by atoms with Gasteiger partial charge in [-0.2, -0.15) is 5.10 Å². The van der Waals surface area contributed by atoms with Crippen LogP contribution in [-0.4, -0.2) is 27.5 Å². The van der Waals surface area contributed by atoms with Crippen LogP contribution in [0.3, 0.4) is 0 Å². The molecular formula is C20H16N4O3S. The number of amides is 1. The number of hydrogen-bond donors (Lipinski definition) is 1. The van der Waals surface area contributed by atoms with Gasteiger partial charge in [0.2, 0.25) is 6.79 Å². The van der Waals surface area contributed by atoms with E-state index in [1.54, 1.807) is 40.4 Å². The number of ether oxygens (including phenoxy) is 2. The van der Waals surface area contributed by atoms with Crippen molar-refractivity contribution in [1.29, 1.82) is 0 Å². The lowest BCUT2D eigenvalue weighted by Gasteiger charge is -2.09. The predicted octanol–water partition coefficient (Wildman–Crippen LogP) is 4.16. The molecule has 1 aromatic carbocycles. The van der Waals surface area contributed by atoms with Gasteiger partial charge in [0.25, 0.3) is 5.91 Å². The molecule has 8 heteroatoms. The van der Waals surface area contributed by atoms with Crippen LogP contribution in [0.25, 0.3) is 21.6 Å². The zero-order valence-corrected chi connectivity index (χ0v) is 15.8. The number of thiophene rings is 1. The summed E-state index contributed by atoms with van der Waals surface area (Å²) in [5, 5.41) is 10.0. The van der Waals surface area contributed by atoms with Gasteiger partial charge in [-0.25, -0.2) is 9.67 Å². The van der Waals surface area contributed by atoms with E-state index in [1.165, 1.54) is 0 Å². The number of rotatable bonds is 4. The highest BCUT2D eigenvalue weighted by molar-refractivity contribution is 7.13. The first-order valence-electron chi connectivity index (χ1n) is 8.84. The molecule has 0 saturated heterocycles. The molecule has 0 radical (unpaired) electrons. The van der Waals surface area contributed by atoms with E-state index >= 15 is 0 Å². The number of carbonyl (C=O) groups excluding carboxylic acids is 1. The number of fused-ring (bicyclic) bond motifs is 2. The molecule has 1 aliphatic heterocycles. The largest absolute Gasteiger partial charge is 0.454 e. The second-order valence-electron chi connectivity index (χ2n) is 6.25. The van der Waals surface area contributed by atoms with Gasteiger partial charge in [0, 0.05) is 18.3 Å². The average Bonchev–Trinajstić information content (AvgIpc) is 3.46. The van der Waals surface area contributed by atoms with E-state index < -0.39 is 0 Å². The van der Waals surface area contributed by atoms with Gasteiger partial charge in [-0.3, -0.25) is 4.79 Å². The van der Waals surface area contributed by atoms with Crippen LogP contribution in [0.1, 0.15) is 17.3 Å². The van der Waals surface area contributed by atoms with Gasteiger partial charge in [0.1, 0.15) is 0 Å². The van der Waals surface area contributed by atoms with Crippen molar-refractivity contribution in [2.45, 2.75) is 13.5 Å². The van der Waals surface area contributed by atoms with Crippen LogP contribution in [0.5, 0.6) is 11.5 Å². The molecular weight excluding hydrogens is 376 g/mol. The van der Waals surface area contributed by atoms with E-state index in [2.05, 4.69) is 10.4 Å². The summed E-state index contributed by atoms with van der Waals surface area (Å²) < 4.78 is 12.5. The number of anilines is 1. The zero-order valence-electron chi connectivity index (χ0n) is 15.0. The molecule has 0 saturated carbocycles. The predicted molar refractivity (Wildman–Crippen MR) is 107 cm³/mol. The average molecular weight is 392 g/mol. The normalized spacial score (nSPS) is 12.5. The van der Waals surface area contributed by atoms with Gasteiger partial charge >= 0.3 is 0 Å². The summed E-state index contributed by atoms with van der Waals surface area (Å²) in [6.45, 7) is 2.87. The molecule has 28 heavy (non-hydrogen) atoms. The molecule has 0 bridgehead atoms. The van der Waals surface area contributed by atoms with E-state index in [4.69, 9.17) is 14.5 Å². The summed E-state index contributed by atoms with van der Waals surface area (Å²) in [6, 6.07) is 11.1. The quantitative estimate of drug-likeness (QED) is 0.564. The van der Waals surface area contributed by atoms with Crippen molar-refractivity contribution in [2.24, 2.45) is 0 Å². The zero-order chi connectivity index (χ0) is 19.1. The van der Waals surface area contributed by atoms with Crippen LogP contribution in [0.4, 0.5) is 5.69 Å². The Labute approximate surface area is 164 Å². The molecule has 0 unspecified atom stereocenters. The summed E-state index contributed by atoms with van der Waals surface area (Å²) in [5.41, 5.74) is 2.63. The van der Waals surface area contributed by atoms with Crippen molar-refractivity contribution in [3.8, 4) is 22.1 Å². The van der Waals surface area contributed by atoms with Crippen molar-refractivity contribution in [2.75, 3.05) is 12.1 Å². The minimum atomic E-state index is -0.222. The molecule has 140 valence electrons. The van der Waals surface area contributed by atoms with Gasteiger partial charge in [-0.05, 0) is 36.6 Å². The second-order valence-corrected chi connectivity index (χ2v) is 7.20. The number of hydrogen-bond acceptors (Lipinski definition) is 6. The monoisotopic (exact) mass is 392 g/mol. The summed E-state index contributed by atoms with van der Waals surface area (Å²) in [6.07, 6.45) is 1.69. The number of nitrogens with one attached hydrogen (secondary N) is 1. The number of aryl methyl sites for hydroxylation is 1.